The Morgan fingerprint density at radius 3 is 2.25 bits per heavy atom. The Morgan fingerprint density at radius 2 is 1.75 bits per heavy atom. The number of hydrogen-bond acceptors (Lipinski definition) is 2. The van der Waals surface area contributed by atoms with Crippen LogP contribution in [0, 0.1) is 0 Å². The van der Waals surface area contributed by atoms with Gasteiger partial charge in [0.15, 0.2) is 0 Å². The zero-order valence-electron chi connectivity index (χ0n) is 10.5. The Balaban J connectivity index is 2.35. The maximum Gasteiger partial charge on any atom is 0.129 e. The van der Waals surface area contributed by atoms with Gasteiger partial charge in [-0.1, -0.05) is 12.1 Å². The molecule has 0 aromatic heterocycles. The summed E-state index contributed by atoms with van der Waals surface area (Å²) in [7, 11) is 4.09. The molecule has 0 radical (unpaired) electrons. The van der Waals surface area contributed by atoms with E-state index in [1.807, 2.05) is 14.1 Å². The van der Waals surface area contributed by atoms with Gasteiger partial charge in [-0.05, 0) is 43.9 Å². The van der Waals surface area contributed by atoms with E-state index in [9.17, 15) is 4.79 Å². The maximum absolute atomic E-state index is 10.8. The van der Waals surface area contributed by atoms with Crippen LogP contribution in [0.2, 0.25) is 0 Å². The highest BCUT2D eigenvalue weighted by molar-refractivity contribution is 5.75. The molecular weight excluding hydrogens is 198 g/mol. The molecule has 1 aromatic rings. The molecule has 0 atom stereocenters. The average molecular weight is 219 g/mol. The lowest BCUT2D eigenvalue weighted by molar-refractivity contribution is -0.117. The van der Waals surface area contributed by atoms with E-state index in [-0.39, 0.29) is 0 Å². The number of anilines is 1. The summed E-state index contributed by atoms with van der Waals surface area (Å²) in [6.07, 6.45) is 3.89. The molecule has 0 bridgehead atoms. The van der Waals surface area contributed by atoms with Crippen LogP contribution in [-0.4, -0.2) is 19.9 Å². The monoisotopic (exact) mass is 219 g/mol. The second kappa shape index (κ2) is 6.31. The molecule has 0 N–H and O–H groups in total. The first-order valence-electron chi connectivity index (χ1n) is 5.85. The molecule has 0 aliphatic heterocycles. The molecule has 0 saturated carbocycles. The fourth-order valence-electron chi connectivity index (χ4n) is 1.66. The van der Waals surface area contributed by atoms with Crippen molar-refractivity contribution in [1.29, 1.82) is 0 Å². The number of carbonyl (C=O) groups excluding carboxylic acids is 1. The number of ketones is 1. The minimum Gasteiger partial charge on any atom is -0.378 e. The number of unbranched alkanes of at least 4 members (excludes halogenated alkanes) is 1. The van der Waals surface area contributed by atoms with E-state index < -0.39 is 0 Å². The quantitative estimate of drug-likeness (QED) is 0.685. The first-order valence-corrected chi connectivity index (χ1v) is 5.85. The van der Waals surface area contributed by atoms with Crippen LogP contribution in [0.4, 0.5) is 5.69 Å². The van der Waals surface area contributed by atoms with Gasteiger partial charge in [0.25, 0.3) is 0 Å². The first-order chi connectivity index (χ1) is 7.59. The molecule has 2 heteroatoms. The highest BCUT2D eigenvalue weighted by atomic mass is 16.1. The van der Waals surface area contributed by atoms with Gasteiger partial charge >= 0.3 is 0 Å². The highest BCUT2D eigenvalue weighted by Crippen LogP contribution is 2.14. The van der Waals surface area contributed by atoms with E-state index in [1.165, 1.54) is 11.3 Å². The van der Waals surface area contributed by atoms with Crippen LogP contribution in [0.3, 0.4) is 0 Å². The van der Waals surface area contributed by atoms with Crippen LogP contribution < -0.4 is 4.90 Å². The fourth-order valence-corrected chi connectivity index (χ4v) is 1.66. The molecule has 0 spiro atoms. The number of rotatable bonds is 6. The van der Waals surface area contributed by atoms with Gasteiger partial charge in [0.05, 0.1) is 0 Å². The van der Waals surface area contributed by atoms with Crippen molar-refractivity contribution in [3.05, 3.63) is 29.8 Å². The van der Waals surface area contributed by atoms with Gasteiger partial charge in [-0.2, -0.15) is 0 Å². The van der Waals surface area contributed by atoms with E-state index in [0.29, 0.717) is 5.78 Å². The lowest BCUT2D eigenvalue weighted by Gasteiger charge is -2.12. The summed E-state index contributed by atoms with van der Waals surface area (Å²) in [6.45, 7) is 1.66. The Labute approximate surface area is 98.3 Å². The minimum absolute atomic E-state index is 0.294. The summed E-state index contributed by atoms with van der Waals surface area (Å²) in [5, 5.41) is 0. The third kappa shape index (κ3) is 4.47. The normalized spacial score (nSPS) is 10.2. The summed E-state index contributed by atoms with van der Waals surface area (Å²) >= 11 is 0. The highest BCUT2D eigenvalue weighted by Gasteiger charge is 1.98. The molecule has 0 aliphatic carbocycles. The summed E-state index contributed by atoms with van der Waals surface area (Å²) in [5.41, 5.74) is 2.58. The van der Waals surface area contributed by atoms with E-state index >= 15 is 0 Å². The standard InChI is InChI=1S/C14H21NO/c1-12(16)6-4-5-7-13-8-10-14(11-9-13)15(2)3/h8-11H,4-7H2,1-3H3. The second-order valence-electron chi connectivity index (χ2n) is 4.47. The first kappa shape index (κ1) is 12.8. The van der Waals surface area contributed by atoms with Crippen LogP contribution in [-0.2, 0) is 11.2 Å². The SMILES string of the molecule is CC(=O)CCCCc1ccc(N(C)C)cc1. The van der Waals surface area contributed by atoms with E-state index in [1.54, 1.807) is 6.92 Å². The molecule has 0 saturated heterocycles. The van der Waals surface area contributed by atoms with Crippen molar-refractivity contribution >= 4 is 11.5 Å². The Hall–Kier alpha value is -1.31. The third-order valence-corrected chi connectivity index (χ3v) is 2.70. The van der Waals surface area contributed by atoms with Gasteiger partial charge in [0.2, 0.25) is 0 Å². The van der Waals surface area contributed by atoms with Crippen LogP contribution in [0.25, 0.3) is 0 Å². The summed E-state index contributed by atoms with van der Waals surface area (Å²) < 4.78 is 0. The van der Waals surface area contributed by atoms with Crippen molar-refractivity contribution in [3.63, 3.8) is 0 Å². The number of hydrogen-bond donors (Lipinski definition) is 0. The van der Waals surface area contributed by atoms with Crippen LogP contribution in [0.5, 0.6) is 0 Å². The van der Waals surface area contributed by atoms with Gasteiger partial charge in [0, 0.05) is 26.2 Å². The van der Waals surface area contributed by atoms with Gasteiger partial charge in [-0.3, -0.25) is 0 Å². The second-order valence-corrected chi connectivity index (χ2v) is 4.47. The van der Waals surface area contributed by atoms with Crippen molar-refractivity contribution in [2.45, 2.75) is 32.6 Å². The summed E-state index contributed by atoms with van der Waals surface area (Å²) in [5.74, 6) is 0.294. The molecular formula is C14H21NO. The lowest BCUT2D eigenvalue weighted by atomic mass is 10.1. The number of Topliss-reactive ketones (excluding diaryl/α,β-unsaturated/α-hetero) is 1. The lowest BCUT2D eigenvalue weighted by Crippen LogP contribution is -2.08. The Bertz CT molecular complexity index is 327. The molecule has 0 fully saturated rings. The molecule has 16 heavy (non-hydrogen) atoms. The molecule has 2 nitrogen and oxygen atoms in total. The number of nitrogens with zero attached hydrogens (tertiary/aromatic N) is 1. The fraction of sp³-hybridized carbons (Fsp3) is 0.500. The zero-order chi connectivity index (χ0) is 12.0. The average Bonchev–Trinajstić information content (AvgIpc) is 2.25. The van der Waals surface area contributed by atoms with Gasteiger partial charge in [0.1, 0.15) is 5.78 Å². The summed E-state index contributed by atoms with van der Waals surface area (Å²) in [4.78, 5) is 12.9. The Morgan fingerprint density at radius 1 is 1.12 bits per heavy atom. The minimum atomic E-state index is 0.294. The predicted octanol–water partition coefficient (Wildman–Crippen LogP) is 3.05. The molecule has 88 valence electrons. The smallest absolute Gasteiger partial charge is 0.129 e. The maximum atomic E-state index is 10.8. The zero-order valence-corrected chi connectivity index (χ0v) is 10.5. The van der Waals surface area contributed by atoms with E-state index in [0.717, 1.165) is 25.7 Å². The van der Waals surface area contributed by atoms with Crippen LogP contribution >= 0.6 is 0 Å². The number of benzene rings is 1. The summed E-state index contributed by atoms with van der Waals surface area (Å²) in [6, 6.07) is 8.62. The molecule has 1 rings (SSSR count). The van der Waals surface area contributed by atoms with Crippen molar-refractivity contribution in [1.82, 2.24) is 0 Å². The van der Waals surface area contributed by atoms with Crippen molar-refractivity contribution in [3.8, 4) is 0 Å². The molecule has 0 unspecified atom stereocenters. The number of aryl methyl sites for hydroxylation is 1. The molecule has 0 amide bonds. The largest absolute Gasteiger partial charge is 0.378 e. The topological polar surface area (TPSA) is 20.3 Å². The van der Waals surface area contributed by atoms with E-state index in [2.05, 4.69) is 29.2 Å². The molecule has 0 heterocycles. The van der Waals surface area contributed by atoms with Crippen molar-refractivity contribution in [2.75, 3.05) is 19.0 Å². The Kier molecular flexibility index (Phi) is 5.03. The van der Waals surface area contributed by atoms with Gasteiger partial charge in [-0.25, -0.2) is 0 Å². The third-order valence-electron chi connectivity index (χ3n) is 2.70. The van der Waals surface area contributed by atoms with Crippen molar-refractivity contribution < 1.29 is 4.79 Å². The molecule has 0 aliphatic rings. The van der Waals surface area contributed by atoms with Crippen LogP contribution in [0.1, 0.15) is 31.7 Å². The van der Waals surface area contributed by atoms with Gasteiger partial charge in [-0.15, -0.1) is 0 Å². The predicted molar refractivity (Wildman–Crippen MR) is 69.0 cm³/mol. The van der Waals surface area contributed by atoms with Crippen LogP contribution in [0.15, 0.2) is 24.3 Å². The van der Waals surface area contributed by atoms with Gasteiger partial charge < -0.3 is 9.69 Å². The van der Waals surface area contributed by atoms with Crippen molar-refractivity contribution in [2.24, 2.45) is 0 Å². The molecule has 1 aromatic carbocycles. The number of carbonyl (C=O) groups is 1. The van der Waals surface area contributed by atoms with E-state index in [4.69, 9.17) is 0 Å².